The first-order chi connectivity index (χ1) is 10.0. The Balaban J connectivity index is 1.98. The molecule has 5 nitrogen and oxygen atoms in total. The van der Waals surface area contributed by atoms with Crippen molar-refractivity contribution in [2.45, 2.75) is 6.61 Å². The van der Waals surface area contributed by atoms with Gasteiger partial charge in [0.2, 0.25) is 0 Å². The molecule has 0 unspecified atom stereocenters. The minimum absolute atomic E-state index is 0.188. The quantitative estimate of drug-likeness (QED) is 0.886. The summed E-state index contributed by atoms with van der Waals surface area (Å²) in [4.78, 5) is 12.6. The zero-order valence-corrected chi connectivity index (χ0v) is 12.2. The van der Waals surface area contributed by atoms with Crippen molar-refractivity contribution in [3.05, 3.63) is 54.1 Å². The fraction of sp³-hybridized carbons (Fsp3) is 0.188. The highest BCUT2D eigenvalue weighted by Crippen LogP contribution is 2.20. The maximum absolute atomic E-state index is 10.5. The highest BCUT2D eigenvalue weighted by molar-refractivity contribution is 5.65. The van der Waals surface area contributed by atoms with Crippen LogP contribution in [0.1, 0.15) is 5.56 Å². The molecule has 2 rings (SSSR count). The van der Waals surface area contributed by atoms with Crippen LogP contribution in [-0.2, 0) is 11.3 Å². The molecule has 0 atom stereocenters. The molecule has 0 radical (unpaired) electrons. The van der Waals surface area contributed by atoms with Crippen LogP contribution in [0, 0.1) is 0 Å². The average molecular weight is 285 g/mol. The zero-order chi connectivity index (χ0) is 15.2. The lowest BCUT2D eigenvalue weighted by atomic mass is 10.2. The van der Waals surface area contributed by atoms with Gasteiger partial charge >= 0.3 is 6.09 Å². The Morgan fingerprint density at radius 3 is 2.05 bits per heavy atom. The van der Waals surface area contributed by atoms with Crippen LogP contribution in [0.25, 0.3) is 0 Å². The van der Waals surface area contributed by atoms with Crippen LogP contribution in [0.5, 0.6) is 0 Å². The van der Waals surface area contributed by atoms with Gasteiger partial charge in [0, 0.05) is 31.2 Å². The van der Waals surface area contributed by atoms with Gasteiger partial charge in [-0.3, -0.25) is 0 Å². The van der Waals surface area contributed by atoms with Crippen molar-refractivity contribution in [2.75, 3.05) is 24.3 Å². The van der Waals surface area contributed by atoms with Gasteiger partial charge in [-0.2, -0.15) is 0 Å². The van der Waals surface area contributed by atoms with E-state index in [1.807, 2.05) is 50.5 Å². The number of carbonyl (C=O) groups is 1. The van der Waals surface area contributed by atoms with Gasteiger partial charge in [-0.15, -0.1) is 0 Å². The predicted molar refractivity (Wildman–Crippen MR) is 84.9 cm³/mol. The smallest absolute Gasteiger partial charge is 0.404 e. The van der Waals surface area contributed by atoms with Crippen molar-refractivity contribution in [2.24, 2.45) is 5.73 Å². The molecule has 2 aromatic rings. The number of benzene rings is 2. The second-order valence-electron chi connectivity index (χ2n) is 4.87. The van der Waals surface area contributed by atoms with Gasteiger partial charge in [0.25, 0.3) is 0 Å². The number of amides is 1. The molecule has 0 aromatic heterocycles. The number of hydrogen-bond donors (Lipinski definition) is 2. The number of hydrogen-bond acceptors (Lipinski definition) is 4. The largest absolute Gasteiger partial charge is 0.445 e. The molecule has 5 heteroatoms. The molecule has 0 heterocycles. The number of carbonyl (C=O) groups excluding carboxylic acids is 1. The maximum Gasteiger partial charge on any atom is 0.404 e. The number of anilines is 3. The van der Waals surface area contributed by atoms with Crippen LogP contribution in [0.4, 0.5) is 21.9 Å². The van der Waals surface area contributed by atoms with Crippen LogP contribution in [0.15, 0.2) is 48.5 Å². The molecule has 3 N–H and O–H groups in total. The van der Waals surface area contributed by atoms with Crippen molar-refractivity contribution >= 4 is 23.2 Å². The summed E-state index contributed by atoms with van der Waals surface area (Å²) in [7, 11) is 4.02. The number of primary amides is 1. The Kier molecular flexibility index (Phi) is 4.66. The summed E-state index contributed by atoms with van der Waals surface area (Å²) in [5.41, 5.74) is 8.96. The molecular weight excluding hydrogens is 266 g/mol. The topological polar surface area (TPSA) is 67.6 Å². The highest BCUT2D eigenvalue weighted by Gasteiger charge is 1.99. The van der Waals surface area contributed by atoms with E-state index in [1.54, 1.807) is 0 Å². The van der Waals surface area contributed by atoms with E-state index in [-0.39, 0.29) is 6.61 Å². The van der Waals surface area contributed by atoms with E-state index in [9.17, 15) is 4.79 Å². The molecular formula is C16H19N3O2. The van der Waals surface area contributed by atoms with E-state index < -0.39 is 6.09 Å². The first-order valence-electron chi connectivity index (χ1n) is 6.60. The minimum Gasteiger partial charge on any atom is -0.445 e. The summed E-state index contributed by atoms with van der Waals surface area (Å²) in [6.07, 6.45) is -0.766. The molecule has 0 bridgehead atoms. The normalized spacial score (nSPS) is 10.0. The van der Waals surface area contributed by atoms with Crippen molar-refractivity contribution in [3.63, 3.8) is 0 Å². The van der Waals surface area contributed by atoms with Gasteiger partial charge in [0.1, 0.15) is 6.61 Å². The first kappa shape index (κ1) is 14.7. The number of nitrogens with one attached hydrogen (secondary N) is 1. The van der Waals surface area contributed by atoms with E-state index in [0.29, 0.717) is 0 Å². The summed E-state index contributed by atoms with van der Waals surface area (Å²) in [5.74, 6) is 0. The van der Waals surface area contributed by atoms with Gasteiger partial charge in [-0.1, -0.05) is 12.1 Å². The molecule has 1 amide bonds. The van der Waals surface area contributed by atoms with Gasteiger partial charge in [-0.05, 0) is 42.0 Å². The predicted octanol–water partition coefficient (Wildman–Crippen LogP) is 3.09. The Morgan fingerprint density at radius 2 is 1.57 bits per heavy atom. The van der Waals surface area contributed by atoms with E-state index in [0.717, 1.165) is 22.6 Å². The van der Waals surface area contributed by atoms with E-state index >= 15 is 0 Å². The molecule has 0 aliphatic rings. The lowest BCUT2D eigenvalue weighted by Crippen LogP contribution is -2.12. The number of rotatable bonds is 5. The van der Waals surface area contributed by atoms with Gasteiger partial charge in [-0.25, -0.2) is 4.79 Å². The summed E-state index contributed by atoms with van der Waals surface area (Å²) in [5, 5.41) is 3.31. The summed E-state index contributed by atoms with van der Waals surface area (Å²) in [6, 6.07) is 15.8. The van der Waals surface area contributed by atoms with Crippen molar-refractivity contribution in [3.8, 4) is 0 Å². The highest BCUT2D eigenvalue weighted by atomic mass is 16.5. The zero-order valence-electron chi connectivity index (χ0n) is 12.2. The van der Waals surface area contributed by atoms with Crippen LogP contribution in [0.3, 0.4) is 0 Å². The standard InChI is InChI=1S/C16H19N3O2/c1-19(2)15-9-7-14(8-10-15)18-13-5-3-12(4-6-13)11-21-16(17)20/h3-10,18H,11H2,1-2H3,(H2,17,20). The van der Waals surface area contributed by atoms with Crippen LogP contribution < -0.4 is 16.0 Å². The Hall–Kier alpha value is -2.69. The first-order valence-corrected chi connectivity index (χ1v) is 6.60. The number of nitrogens with two attached hydrogens (primary N) is 1. The van der Waals surface area contributed by atoms with Crippen molar-refractivity contribution in [1.29, 1.82) is 0 Å². The molecule has 21 heavy (non-hydrogen) atoms. The third-order valence-electron chi connectivity index (χ3n) is 3.01. The number of nitrogens with zero attached hydrogens (tertiary/aromatic N) is 1. The van der Waals surface area contributed by atoms with E-state index in [1.165, 1.54) is 0 Å². The molecule has 0 saturated carbocycles. The maximum atomic E-state index is 10.5. The molecule has 0 aliphatic heterocycles. The Labute approximate surface area is 124 Å². The van der Waals surface area contributed by atoms with Gasteiger partial charge < -0.3 is 20.7 Å². The van der Waals surface area contributed by atoms with E-state index in [2.05, 4.69) is 22.3 Å². The average Bonchev–Trinajstić information content (AvgIpc) is 2.47. The fourth-order valence-corrected chi connectivity index (χ4v) is 1.85. The second-order valence-corrected chi connectivity index (χ2v) is 4.87. The van der Waals surface area contributed by atoms with Crippen LogP contribution in [-0.4, -0.2) is 20.2 Å². The Morgan fingerprint density at radius 1 is 1.05 bits per heavy atom. The molecule has 0 fully saturated rings. The third-order valence-corrected chi connectivity index (χ3v) is 3.01. The van der Waals surface area contributed by atoms with Crippen LogP contribution in [0.2, 0.25) is 0 Å². The Bertz CT molecular complexity index is 592. The SMILES string of the molecule is CN(C)c1ccc(Nc2ccc(COC(N)=O)cc2)cc1. The third kappa shape index (κ3) is 4.42. The monoisotopic (exact) mass is 285 g/mol. The minimum atomic E-state index is -0.766. The van der Waals surface area contributed by atoms with Gasteiger partial charge in [0.15, 0.2) is 0 Å². The van der Waals surface area contributed by atoms with E-state index in [4.69, 9.17) is 10.5 Å². The molecule has 110 valence electrons. The summed E-state index contributed by atoms with van der Waals surface area (Å²) in [6.45, 7) is 0.188. The van der Waals surface area contributed by atoms with Crippen molar-refractivity contribution in [1.82, 2.24) is 0 Å². The van der Waals surface area contributed by atoms with Crippen molar-refractivity contribution < 1.29 is 9.53 Å². The second kappa shape index (κ2) is 6.65. The fourth-order valence-electron chi connectivity index (χ4n) is 1.85. The lowest BCUT2D eigenvalue weighted by Gasteiger charge is -2.13. The molecule has 0 aliphatic carbocycles. The van der Waals surface area contributed by atoms with Gasteiger partial charge in [0.05, 0.1) is 0 Å². The summed E-state index contributed by atoms with van der Waals surface area (Å²) >= 11 is 0. The summed E-state index contributed by atoms with van der Waals surface area (Å²) < 4.78 is 4.74. The lowest BCUT2D eigenvalue weighted by molar-refractivity contribution is 0.150. The molecule has 2 aromatic carbocycles. The molecule has 0 saturated heterocycles. The molecule has 0 spiro atoms. The van der Waals surface area contributed by atoms with Crippen LogP contribution >= 0.6 is 0 Å². The number of ether oxygens (including phenoxy) is 1.